The smallest absolute Gasteiger partial charge is 0.160 e. The van der Waals surface area contributed by atoms with Crippen molar-refractivity contribution in [3.8, 4) is 11.3 Å². The molecule has 0 amide bonds. The minimum Gasteiger partial charge on any atom is -0.388 e. The summed E-state index contributed by atoms with van der Waals surface area (Å²) in [4.78, 5) is 5.50. The summed E-state index contributed by atoms with van der Waals surface area (Å²) in [7, 11) is 0. The maximum absolute atomic E-state index is 5.50. The molecule has 4 rings (SSSR count). The van der Waals surface area contributed by atoms with Crippen molar-refractivity contribution < 1.29 is 9.36 Å². The van der Waals surface area contributed by atoms with Crippen LogP contribution in [0.2, 0.25) is 0 Å². The number of benzene rings is 2. The first-order valence-corrected chi connectivity index (χ1v) is 9.17. The minimum atomic E-state index is -0.0958. The average molecular weight is 409 g/mol. The lowest BCUT2D eigenvalue weighted by molar-refractivity contribution is 0.120. The highest BCUT2D eigenvalue weighted by Crippen LogP contribution is 2.22. The van der Waals surface area contributed by atoms with E-state index in [9.17, 15) is 0 Å². The van der Waals surface area contributed by atoms with Crippen molar-refractivity contribution in [1.29, 1.82) is 0 Å². The van der Waals surface area contributed by atoms with E-state index in [1.54, 1.807) is 0 Å². The molecule has 0 bridgehead atoms. The van der Waals surface area contributed by atoms with Gasteiger partial charge in [0, 0.05) is 22.5 Å². The SMILES string of the molecule is Cc1ccc(-c2cc(/C=C/C3CC(c4ccc(Br)cc4)=NO3)on2)cc1. The van der Waals surface area contributed by atoms with Crippen molar-refractivity contribution in [3.63, 3.8) is 0 Å². The van der Waals surface area contributed by atoms with E-state index >= 15 is 0 Å². The molecular formula is C21H17BrN2O2. The molecule has 1 unspecified atom stereocenters. The number of halogens is 1. The lowest BCUT2D eigenvalue weighted by Crippen LogP contribution is -2.04. The van der Waals surface area contributed by atoms with Gasteiger partial charge < -0.3 is 9.36 Å². The predicted molar refractivity (Wildman–Crippen MR) is 106 cm³/mol. The molecule has 0 aliphatic carbocycles. The lowest BCUT2D eigenvalue weighted by Gasteiger charge is -2.00. The number of nitrogens with zero attached hydrogens (tertiary/aromatic N) is 2. The maximum Gasteiger partial charge on any atom is 0.160 e. The second kappa shape index (κ2) is 7.30. The fourth-order valence-electron chi connectivity index (χ4n) is 2.74. The van der Waals surface area contributed by atoms with Crippen LogP contribution in [0.4, 0.5) is 0 Å². The maximum atomic E-state index is 5.50. The average Bonchev–Trinajstić information content (AvgIpc) is 3.31. The number of aryl methyl sites for hydroxylation is 1. The van der Waals surface area contributed by atoms with Gasteiger partial charge in [-0.3, -0.25) is 0 Å². The molecule has 130 valence electrons. The predicted octanol–water partition coefficient (Wildman–Crippen LogP) is 5.62. The van der Waals surface area contributed by atoms with E-state index in [0.717, 1.165) is 33.4 Å². The monoisotopic (exact) mass is 408 g/mol. The van der Waals surface area contributed by atoms with E-state index in [2.05, 4.69) is 45.3 Å². The number of oxime groups is 1. The van der Waals surface area contributed by atoms with Gasteiger partial charge in [-0.15, -0.1) is 0 Å². The van der Waals surface area contributed by atoms with Crippen molar-refractivity contribution >= 4 is 27.7 Å². The fraction of sp³-hybridized carbons (Fsp3) is 0.143. The Bertz CT molecular complexity index is 956. The number of hydrogen-bond acceptors (Lipinski definition) is 4. The number of aromatic nitrogens is 1. The second-order valence-corrected chi connectivity index (χ2v) is 7.15. The highest BCUT2D eigenvalue weighted by Gasteiger charge is 2.20. The quantitative estimate of drug-likeness (QED) is 0.562. The van der Waals surface area contributed by atoms with Gasteiger partial charge in [-0.2, -0.15) is 0 Å². The second-order valence-electron chi connectivity index (χ2n) is 6.23. The molecule has 0 saturated carbocycles. The number of hydrogen-bond donors (Lipinski definition) is 0. The summed E-state index contributed by atoms with van der Waals surface area (Å²) in [6, 6.07) is 18.2. The van der Waals surface area contributed by atoms with Crippen LogP contribution in [0.5, 0.6) is 0 Å². The zero-order valence-corrected chi connectivity index (χ0v) is 15.8. The Labute approximate surface area is 160 Å². The van der Waals surface area contributed by atoms with Crippen LogP contribution in [-0.4, -0.2) is 17.0 Å². The molecular weight excluding hydrogens is 392 g/mol. The number of rotatable bonds is 4. The first-order chi connectivity index (χ1) is 12.7. The van der Waals surface area contributed by atoms with Gasteiger partial charge >= 0.3 is 0 Å². The summed E-state index contributed by atoms with van der Waals surface area (Å²) in [5.74, 6) is 0.696. The van der Waals surface area contributed by atoms with Crippen molar-refractivity contribution in [3.05, 3.63) is 82.0 Å². The van der Waals surface area contributed by atoms with Crippen LogP contribution >= 0.6 is 15.9 Å². The van der Waals surface area contributed by atoms with Gasteiger partial charge in [0.05, 0.1) is 5.71 Å². The van der Waals surface area contributed by atoms with Crippen molar-refractivity contribution in [2.24, 2.45) is 5.16 Å². The third-order valence-corrected chi connectivity index (χ3v) is 4.75. The molecule has 0 fully saturated rings. The fourth-order valence-corrected chi connectivity index (χ4v) is 3.01. The van der Waals surface area contributed by atoms with Gasteiger partial charge in [0.25, 0.3) is 0 Å². The molecule has 1 aromatic heterocycles. The summed E-state index contributed by atoms with van der Waals surface area (Å²) in [5.41, 5.74) is 5.11. The molecule has 0 radical (unpaired) electrons. The zero-order valence-electron chi connectivity index (χ0n) is 14.2. The van der Waals surface area contributed by atoms with E-state index in [0.29, 0.717) is 5.76 Å². The van der Waals surface area contributed by atoms with Crippen LogP contribution in [0.25, 0.3) is 17.3 Å². The van der Waals surface area contributed by atoms with E-state index < -0.39 is 0 Å². The molecule has 1 aliphatic heterocycles. The van der Waals surface area contributed by atoms with Crippen molar-refractivity contribution in [2.45, 2.75) is 19.4 Å². The van der Waals surface area contributed by atoms with Crippen LogP contribution in [0.3, 0.4) is 0 Å². The Kier molecular flexibility index (Phi) is 4.71. The van der Waals surface area contributed by atoms with Crippen LogP contribution in [0.15, 0.2) is 74.8 Å². The van der Waals surface area contributed by atoms with Gasteiger partial charge in [0.15, 0.2) is 11.9 Å². The van der Waals surface area contributed by atoms with Crippen LogP contribution in [-0.2, 0) is 4.84 Å². The van der Waals surface area contributed by atoms with Crippen molar-refractivity contribution in [1.82, 2.24) is 5.16 Å². The Morgan fingerprint density at radius 2 is 1.77 bits per heavy atom. The summed E-state index contributed by atoms with van der Waals surface area (Å²) >= 11 is 3.44. The summed E-state index contributed by atoms with van der Waals surface area (Å²) in [6.07, 6.45) is 4.47. The minimum absolute atomic E-state index is 0.0958. The lowest BCUT2D eigenvalue weighted by atomic mass is 10.0. The Hall–Kier alpha value is -2.66. The Morgan fingerprint density at radius 1 is 1.04 bits per heavy atom. The van der Waals surface area contributed by atoms with Gasteiger partial charge in [-0.05, 0) is 36.8 Å². The standard InChI is InChI=1S/C21H17BrN2O2/c1-14-2-4-15(5-3-14)20-12-18(25-23-20)10-11-19-13-21(24-26-19)16-6-8-17(22)9-7-16/h2-12,19H,13H2,1H3/b11-10+. The van der Waals surface area contributed by atoms with E-state index in [1.165, 1.54) is 5.56 Å². The van der Waals surface area contributed by atoms with Gasteiger partial charge in [0.2, 0.25) is 0 Å². The molecule has 2 aromatic carbocycles. The zero-order chi connectivity index (χ0) is 17.9. The highest BCUT2D eigenvalue weighted by atomic mass is 79.9. The Morgan fingerprint density at radius 3 is 2.54 bits per heavy atom. The molecule has 0 spiro atoms. The van der Waals surface area contributed by atoms with E-state index in [1.807, 2.05) is 54.6 Å². The first kappa shape index (κ1) is 16.8. The normalized spacial score (nSPS) is 16.7. The van der Waals surface area contributed by atoms with Crippen LogP contribution < -0.4 is 0 Å². The topological polar surface area (TPSA) is 47.6 Å². The summed E-state index contributed by atoms with van der Waals surface area (Å²) in [6.45, 7) is 2.06. The highest BCUT2D eigenvalue weighted by molar-refractivity contribution is 9.10. The summed E-state index contributed by atoms with van der Waals surface area (Å²) < 4.78 is 6.45. The third-order valence-electron chi connectivity index (χ3n) is 4.22. The van der Waals surface area contributed by atoms with Crippen molar-refractivity contribution in [2.75, 3.05) is 0 Å². The molecule has 3 aromatic rings. The van der Waals surface area contributed by atoms with Gasteiger partial charge in [0.1, 0.15) is 5.69 Å². The molecule has 2 heterocycles. The molecule has 0 N–H and O–H groups in total. The molecule has 1 atom stereocenters. The summed E-state index contributed by atoms with van der Waals surface area (Å²) in [5, 5.41) is 8.33. The van der Waals surface area contributed by atoms with Crippen LogP contribution in [0, 0.1) is 6.92 Å². The van der Waals surface area contributed by atoms with Gasteiger partial charge in [-0.25, -0.2) is 0 Å². The van der Waals surface area contributed by atoms with Gasteiger partial charge in [-0.1, -0.05) is 68.2 Å². The Balaban J connectivity index is 1.40. The molecule has 0 saturated heterocycles. The molecule has 4 nitrogen and oxygen atoms in total. The molecule has 26 heavy (non-hydrogen) atoms. The van der Waals surface area contributed by atoms with E-state index in [-0.39, 0.29) is 6.10 Å². The largest absolute Gasteiger partial charge is 0.388 e. The van der Waals surface area contributed by atoms with Crippen LogP contribution in [0.1, 0.15) is 23.3 Å². The molecule has 1 aliphatic rings. The first-order valence-electron chi connectivity index (χ1n) is 8.38. The third kappa shape index (κ3) is 3.78. The van der Waals surface area contributed by atoms with E-state index in [4.69, 9.17) is 9.36 Å². The molecule has 5 heteroatoms.